The Morgan fingerprint density at radius 3 is 2.47 bits per heavy atom. The monoisotopic (exact) mass is 308 g/mol. The first kappa shape index (κ1) is 16.4. The Morgan fingerprint density at radius 2 is 2.05 bits per heavy atom. The van der Waals surface area contributed by atoms with Crippen LogP contribution >= 0.6 is 11.6 Å². The highest BCUT2D eigenvalue weighted by atomic mass is 35.5. The molecule has 19 heavy (non-hydrogen) atoms. The first-order valence-electron chi connectivity index (χ1n) is 5.69. The van der Waals surface area contributed by atoms with Crippen molar-refractivity contribution < 1.29 is 12.8 Å². The van der Waals surface area contributed by atoms with Crippen LogP contribution in [0.1, 0.15) is 19.4 Å². The van der Waals surface area contributed by atoms with Crippen LogP contribution < -0.4 is 11.3 Å². The molecule has 1 unspecified atom stereocenters. The SMILES string of the molecule is CC(C)(C(Cc1ccc(F)c(Cl)c1)NN)S(C)(=O)=O. The molecular weight excluding hydrogens is 291 g/mol. The number of hydrazine groups is 1. The number of halogens is 2. The topological polar surface area (TPSA) is 72.2 Å². The van der Waals surface area contributed by atoms with Crippen LogP contribution in [0.15, 0.2) is 18.2 Å². The average Bonchev–Trinajstić information content (AvgIpc) is 2.28. The molecule has 0 radical (unpaired) electrons. The predicted molar refractivity (Wildman–Crippen MR) is 75.1 cm³/mol. The van der Waals surface area contributed by atoms with E-state index in [-0.39, 0.29) is 5.02 Å². The predicted octanol–water partition coefficient (Wildman–Crippen LogP) is 1.68. The minimum Gasteiger partial charge on any atom is -0.271 e. The van der Waals surface area contributed by atoms with Crippen molar-refractivity contribution in [1.82, 2.24) is 5.43 Å². The van der Waals surface area contributed by atoms with E-state index in [0.29, 0.717) is 12.0 Å². The highest BCUT2D eigenvalue weighted by Crippen LogP contribution is 2.24. The third-order valence-corrected chi connectivity index (χ3v) is 5.91. The van der Waals surface area contributed by atoms with Gasteiger partial charge in [0.25, 0.3) is 0 Å². The molecule has 0 saturated heterocycles. The standard InChI is InChI=1S/C12H18ClFN2O2S/c1-12(2,19(3,17)18)11(16-15)7-8-4-5-10(14)9(13)6-8/h4-6,11,16H,7,15H2,1-3H3. The molecule has 1 rings (SSSR count). The number of hydrogen-bond acceptors (Lipinski definition) is 4. The van der Waals surface area contributed by atoms with Gasteiger partial charge in [0.15, 0.2) is 9.84 Å². The molecule has 0 saturated carbocycles. The minimum atomic E-state index is -3.30. The Labute approximate surface area is 118 Å². The fraction of sp³-hybridized carbons (Fsp3) is 0.500. The van der Waals surface area contributed by atoms with Crippen LogP contribution in [-0.2, 0) is 16.3 Å². The molecule has 1 aromatic carbocycles. The van der Waals surface area contributed by atoms with Crippen LogP contribution in [0.2, 0.25) is 5.02 Å². The summed E-state index contributed by atoms with van der Waals surface area (Å²) in [7, 11) is -3.30. The van der Waals surface area contributed by atoms with E-state index in [2.05, 4.69) is 5.43 Å². The van der Waals surface area contributed by atoms with E-state index in [1.54, 1.807) is 19.9 Å². The summed E-state index contributed by atoms with van der Waals surface area (Å²) in [4.78, 5) is 0. The summed E-state index contributed by atoms with van der Waals surface area (Å²) in [6.07, 6.45) is 1.49. The summed E-state index contributed by atoms with van der Waals surface area (Å²) >= 11 is 5.70. The lowest BCUT2D eigenvalue weighted by Gasteiger charge is -2.32. The van der Waals surface area contributed by atoms with E-state index in [4.69, 9.17) is 17.4 Å². The number of sulfone groups is 1. The quantitative estimate of drug-likeness (QED) is 0.641. The van der Waals surface area contributed by atoms with E-state index in [9.17, 15) is 12.8 Å². The summed E-state index contributed by atoms with van der Waals surface area (Å²) in [5, 5.41) is 0.00503. The van der Waals surface area contributed by atoms with Crippen LogP contribution in [0.3, 0.4) is 0 Å². The van der Waals surface area contributed by atoms with Gasteiger partial charge in [0.1, 0.15) is 5.82 Å². The fourth-order valence-electron chi connectivity index (χ4n) is 1.67. The Hall–Kier alpha value is -0.690. The average molecular weight is 309 g/mol. The maximum atomic E-state index is 13.1. The van der Waals surface area contributed by atoms with Crippen LogP contribution in [0.5, 0.6) is 0 Å². The molecule has 0 bridgehead atoms. The van der Waals surface area contributed by atoms with Gasteiger partial charge in [0, 0.05) is 12.3 Å². The van der Waals surface area contributed by atoms with Gasteiger partial charge in [0.05, 0.1) is 9.77 Å². The molecule has 0 amide bonds. The second-order valence-electron chi connectivity index (χ2n) is 5.05. The second kappa shape index (κ2) is 5.75. The zero-order valence-corrected chi connectivity index (χ0v) is 12.6. The zero-order valence-electron chi connectivity index (χ0n) is 11.1. The first-order valence-corrected chi connectivity index (χ1v) is 7.96. The Morgan fingerprint density at radius 1 is 1.47 bits per heavy atom. The molecule has 1 atom stereocenters. The lowest BCUT2D eigenvalue weighted by molar-refractivity contribution is 0.413. The number of hydrogen-bond donors (Lipinski definition) is 2. The zero-order chi connectivity index (χ0) is 14.8. The number of benzene rings is 1. The van der Waals surface area contributed by atoms with Crippen molar-refractivity contribution in [2.75, 3.05) is 6.26 Å². The lowest BCUT2D eigenvalue weighted by atomic mass is 9.96. The van der Waals surface area contributed by atoms with E-state index in [0.717, 1.165) is 6.26 Å². The van der Waals surface area contributed by atoms with Gasteiger partial charge in [-0.2, -0.15) is 0 Å². The second-order valence-corrected chi connectivity index (χ2v) is 8.05. The highest BCUT2D eigenvalue weighted by molar-refractivity contribution is 7.92. The van der Waals surface area contributed by atoms with Crippen molar-refractivity contribution in [1.29, 1.82) is 0 Å². The van der Waals surface area contributed by atoms with Gasteiger partial charge < -0.3 is 0 Å². The fourth-order valence-corrected chi connectivity index (χ4v) is 2.54. The Balaban J connectivity index is 3.03. The Bertz CT molecular complexity index is 561. The third-order valence-electron chi connectivity index (χ3n) is 3.42. The van der Waals surface area contributed by atoms with Gasteiger partial charge in [-0.3, -0.25) is 11.3 Å². The molecular formula is C12H18ClFN2O2S. The molecule has 0 aromatic heterocycles. The Kier molecular flexibility index (Phi) is 4.95. The highest BCUT2D eigenvalue weighted by Gasteiger charge is 2.38. The molecule has 0 heterocycles. The van der Waals surface area contributed by atoms with Crippen LogP contribution in [-0.4, -0.2) is 25.5 Å². The summed E-state index contributed by atoms with van der Waals surface area (Å²) < 4.78 is 35.6. The summed E-state index contributed by atoms with van der Waals surface area (Å²) in [5.41, 5.74) is 3.23. The molecule has 0 aliphatic carbocycles. The molecule has 0 spiro atoms. The lowest BCUT2D eigenvalue weighted by Crippen LogP contribution is -2.55. The molecule has 108 valence electrons. The number of rotatable bonds is 5. The van der Waals surface area contributed by atoms with Crippen molar-refractivity contribution in [3.63, 3.8) is 0 Å². The molecule has 0 aliphatic rings. The van der Waals surface area contributed by atoms with Gasteiger partial charge in [-0.25, -0.2) is 12.8 Å². The van der Waals surface area contributed by atoms with Crippen LogP contribution in [0.4, 0.5) is 4.39 Å². The first-order chi connectivity index (χ1) is 8.59. The van der Waals surface area contributed by atoms with Crippen LogP contribution in [0, 0.1) is 5.82 Å². The molecule has 4 nitrogen and oxygen atoms in total. The van der Waals surface area contributed by atoms with Gasteiger partial charge in [-0.05, 0) is 38.0 Å². The van der Waals surface area contributed by atoms with Gasteiger partial charge in [0.2, 0.25) is 0 Å². The maximum absolute atomic E-state index is 13.1. The van der Waals surface area contributed by atoms with Gasteiger partial charge in [-0.1, -0.05) is 17.7 Å². The van der Waals surface area contributed by atoms with Crippen molar-refractivity contribution in [2.24, 2.45) is 5.84 Å². The molecule has 7 heteroatoms. The summed E-state index contributed by atoms with van der Waals surface area (Å²) in [5.74, 6) is 4.94. The molecule has 3 N–H and O–H groups in total. The molecule has 0 fully saturated rings. The summed E-state index contributed by atoms with van der Waals surface area (Å²) in [6.45, 7) is 3.19. The van der Waals surface area contributed by atoms with Crippen molar-refractivity contribution in [3.8, 4) is 0 Å². The van der Waals surface area contributed by atoms with Gasteiger partial charge >= 0.3 is 0 Å². The molecule has 1 aromatic rings. The van der Waals surface area contributed by atoms with Crippen molar-refractivity contribution in [2.45, 2.75) is 31.1 Å². The van der Waals surface area contributed by atoms with Crippen LogP contribution in [0.25, 0.3) is 0 Å². The van der Waals surface area contributed by atoms with E-state index in [1.807, 2.05) is 0 Å². The molecule has 0 aliphatic heterocycles. The van der Waals surface area contributed by atoms with E-state index in [1.165, 1.54) is 12.1 Å². The number of nitrogens with two attached hydrogens (primary N) is 1. The minimum absolute atomic E-state index is 0.00503. The normalized spacial score (nSPS) is 14.4. The van der Waals surface area contributed by atoms with E-state index < -0.39 is 26.4 Å². The van der Waals surface area contributed by atoms with Crippen molar-refractivity contribution in [3.05, 3.63) is 34.6 Å². The third kappa shape index (κ3) is 3.66. The largest absolute Gasteiger partial charge is 0.271 e. The smallest absolute Gasteiger partial charge is 0.154 e. The van der Waals surface area contributed by atoms with Gasteiger partial charge in [-0.15, -0.1) is 0 Å². The maximum Gasteiger partial charge on any atom is 0.154 e. The van der Waals surface area contributed by atoms with Crippen molar-refractivity contribution >= 4 is 21.4 Å². The van der Waals surface area contributed by atoms with E-state index >= 15 is 0 Å². The number of nitrogens with one attached hydrogen (secondary N) is 1. The summed E-state index contributed by atoms with van der Waals surface area (Å²) in [6, 6.07) is 3.77.